The van der Waals surface area contributed by atoms with Crippen LogP contribution in [-0.4, -0.2) is 28.8 Å². The van der Waals surface area contributed by atoms with Crippen molar-refractivity contribution in [2.75, 3.05) is 6.54 Å². The van der Waals surface area contributed by atoms with Gasteiger partial charge in [0.25, 0.3) is 0 Å². The Morgan fingerprint density at radius 2 is 2.31 bits per heavy atom. The lowest BCUT2D eigenvalue weighted by Gasteiger charge is -1.95. The fourth-order valence-electron chi connectivity index (χ4n) is 1.28. The summed E-state index contributed by atoms with van der Waals surface area (Å²) in [5.41, 5.74) is 0.994. The molecule has 1 rings (SSSR count). The van der Waals surface area contributed by atoms with E-state index in [-0.39, 0.29) is 6.42 Å². The van der Waals surface area contributed by atoms with Crippen LogP contribution in [0.5, 0.6) is 0 Å². The van der Waals surface area contributed by atoms with Crippen molar-refractivity contribution in [2.24, 2.45) is 4.99 Å². The van der Waals surface area contributed by atoms with Crippen LogP contribution in [0.4, 0.5) is 0 Å². The Balaban J connectivity index is 2.07. The van der Waals surface area contributed by atoms with E-state index >= 15 is 0 Å². The second kappa shape index (κ2) is 7.56. The summed E-state index contributed by atoms with van der Waals surface area (Å²) in [6, 6.07) is 3.81. The summed E-state index contributed by atoms with van der Waals surface area (Å²) in [6.45, 7) is 0.745. The maximum atomic E-state index is 10.2. The van der Waals surface area contributed by atoms with Crippen LogP contribution in [0.15, 0.2) is 29.5 Å². The van der Waals surface area contributed by atoms with Crippen LogP contribution in [-0.2, 0) is 4.79 Å². The number of unbranched alkanes of at least 4 members (excludes halogenated alkanes) is 2. The maximum Gasteiger partial charge on any atom is 0.303 e. The SMILES string of the molecule is O=C(O)CCCCC/N=C\c1cccnc1. The van der Waals surface area contributed by atoms with Gasteiger partial charge in [0.1, 0.15) is 0 Å². The number of rotatable bonds is 7. The van der Waals surface area contributed by atoms with Crippen LogP contribution in [0.3, 0.4) is 0 Å². The molecular weight excluding hydrogens is 204 g/mol. The van der Waals surface area contributed by atoms with Gasteiger partial charge >= 0.3 is 5.97 Å². The van der Waals surface area contributed by atoms with E-state index in [1.165, 1.54) is 0 Å². The van der Waals surface area contributed by atoms with Crippen LogP contribution < -0.4 is 0 Å². The van der Waals surface area contributed by atoms with Crippen molar-refractivity contribution in [1.29, 1.82) is 0 Å². The van der Waals surface area contributed by atoms with E-state index < -0.39 is 5.97 Å². The summed E-state index contributed by atoms with van der Waals surface area (Å²) in [5.74, 6) is -0.723. The third-order valence-electron chi connectivity index (χ3n) is 2.10. The van der Waals surface area contributed by atoms with E-state index in [0.29, 0.717) is 0 Å². The number of carboxylic acid groups (broad SMARTS) is 1. The zero-order valence-electron chi connectivity index (χ0n) is 9.17. The number of carboxylic acids is 1. The van der Waals surface area contributed by atoms with Crippen molar-refractivity contribution in [1.82, 2.24) is 4.98 Å². The van der Waals surface area contributed by atoms with Gasteiger partial charge in [0.15, 0.2) is 0 Å². The molecule has 0 aliphatic rings. The normalized spacial score (nSPS) is 10.8. The first kappa shape index (κ1) is 12.4. The Morgan fingerprint density at radius 3 is 3.00 bits per heavy atom. The van der Waals surface area contributed by atoms with Gasteiger partial charge in [-0.05, 0) is 18.9 Å². The van der Waals surface area contributed by atoms with Crippen LogP contribution in [0, 0.1) is 0 Å². The van der Waals surface area contributed by atoms with Crippen molar-refractivity contribution in [3.8, 4) is 0 Å². The van der Waals surface area contributed by atoms with Crippen LogP contribution in [0.2, 0.25) is 0 Å². The summed E-state index contributed by atoms with van der Waals surface area (Å²) < 4.78 is 0. The molecule has 0 aromatic carbocycles. The highest BCUT2D eigenvalue weighted by atomic mass is 16.4. The predicted octanol–water partition coefficient (Wildman–Crippen LogP) is 2.15. The first-order valence-electron chi connectivity index (χ1n) is 5.40. The smallest absolute Gasteiger partial charge is 0.303 e. The maximum absolute atomic E-state index is 10.2. The van der Waals surface area contributed by atoms with E-state index in [9.17, 15) is 4.79 Å². The van der Waals surface area contributed by atoms with E-state index in [1.54, 1.807) is 18.6 Å². The number of nitrogens with zero attached hydrogens (tertiary/aromatic N) is 2. The molecule has 0 fully saturated rings. The Bertz CT molecular complexity index is 336. The Kier molecular flexibility index (Phi) is 5.84. The molecule has 0 aliphatic carbocycles. The Labute approximate surface area is 95.1 Å². The Hall–Kier alpha value is -1.71. The molecule has 1 heterocycles. The number of aliphatic imine (C=N–C) groups is 1. The summed E-state index contributed by atoms with van der Waals surface area (Å²) >= 11 is 0. The van der Waals surface area contributed by atoms with Gasteiger partial charge in [-0.15, -0.1) is 0 Å². The molecule has 0 spiro atoms. The molecule has 0 unspecified atom stereocenters. The molecule has 1 aromatic heterocycles. The molecule has 0 saturated heterocycles. The molecular formula is C12H16N2O2. The van der Waals surface area contributed by atoms with Crippen molar-refractivity contribution in [3.63, 3.8) is 0 Å². The minimum atomic E-state index is -0.723. The quantitative estimate of drug-likeness (QED) is 0.565. The minimum Gasteiger partial charge on any atom is -0.481 e. The molecule has 1 N–H and O–H groups in total. The third kappa shape index (κ3) is 5.90. The second-order valence-electron chi connectivity index (χ2n) is 3.53. The van der Waals surface area contributed by atoms with Gasteiger partial charge in [-0.2, -0.15) is 0 Å². The van der Waals surface area contributed by atoms with Crippen molar-refractivity contribution in [3.05, 3.63) is 30.1 Å². The number of pyridine rings is 1. The molecule has 4 nitrogen and oxygen atoms in total. The minimum absolute atomic E-state index is 0.256. The molecule has 0 radical (unpaired) electrons. The Morgan fingerprint density at radius 1 is 1.44 bits per heavy atom. The molecule has 4 heteroatoms. The van der Waals surface area contributed by atoms with Gasteiger partial charge in [0.2, 0.25) is 0 Å². The van der Waals surface area contributed by atoms with E-state index in [1.807, 2.05) is 12.1 Å². The standard InChI is InChI=1S/C12H16N2O2/c15-12(16)6-2-1-3-7-13-9-11-5-4-8-14-10-11/h4-5,8-10H,1-3,6-7H2,(H,15,16)/b13-9-. The van der Waals surface area contributed by atoms with Crippen molar-refractivity contribution in [2.45, 2.75) is 25.7 Å². The van der Waals surface area contributed by atoms with E-state index in [4.69, 9.17) is 5.11 Å². The third-order valence-corrected chi connectivity index (χ3v) is 2.10. The van der Waals surface area contributed by atoms with Crippen LogP contribution in [0.1, 0.15) is 31.2 Å². The lowest BCUT2D eigenvalue weighted by atomic mass is 10.2. The summed E-state index contributed by atoms with van der Waals surface area (Å²) in [4.78, 5) is 18.5. The highest BCUT2D eigenvalue weighted by Crippen LogP contribution is 2.00. The van der Waals surface area contributed by atoms with Crippen molar-refractivity contribution >= 4 is 12.2 Å². The van der Waals surface area contributed by atoms with Gasteiger partial charge in [0.05, 0.1) is 0 Å². The molecule has 0 aliphatic heterocycles. The summed E-state index contributed by atoms with van der Waals surface area (Å²) in [5, 5.41) is 8.43. The fraction of sp³-hybridized carbons (Fsp3) is 0.417. The van der Waals surface area contributed by atoms with Crippen molar-refractivity contribution < 1.29 is 9.90 Å². The van der Waals surface area contributed by atoms with E-state index in [2.05, 4.69) is 9.98 Å². The first-order chi connectivity index (χ1) is 7.79. The van der Waals surface area contributed by atoms with Gasteiger partial charge in [0, 0.05) is 37.1 Å². The molecule has 86 valence electrons. The topological polar surface area (TPSA) is 62.5 Å². The highest BCUT2D eigenvalue weighted by Gasteiger charge is 1.95. The average Bonchev–Trinajstić information content (AvgIpc) is 2.29. The number of hydrogen-bond acceptors (Lipinski definition) is 3. The number of aromatic nitrogens is 1. The second-order valence-corrected chi connectivity index (χ2v) is 3.53. The molecule has 0 atom stereocenters. The van der Waals surface area contributed by atoms with E-state index in [0.717, 1.165) is 31.4 Å². The van der Waals surface area contributed by atoms with Crippen LogP contribution >= 0.6 is 0 Å². The lowest BCUT2D eigenvalue weighted by molar-refractivity contribution is -0.137. The monoisotopic (exact) mass is 220 g/mol. The zero-order valence-corrected chi connectivity index (χ0v) is 9.17. The number of carbonyl (C=O) groups is 1. The largest absolute Gasteiger partial charge is 0.481 e. The number of hydrogen-bond donors (Lipinski definition) is 1. The predicted molar refractivity (Wildman–Crippen MR) is 62.8 cm³/mol. The zero-order chi connectivity index (χ0) is 11.6. The average molecular weight is 220 g/mol. The van der Waals surface area contributed by atoms with Crippen LogP contribution in [0.25, 0.3) is 0 Å². The molecule has 1 aromatic rings. The number of aliphatic carboxylic acids is 1. The summed E-state index contributed by atoms with van der Waals surface area (Å²) in [7, 11) is 0. The van der Waals surface area contributed by atoms with Gasteiger partial charge in [-0.25, -0.2) is 0 Å². The summed E-state index contributed by atoms with van der Waals surface area (Å²) in [6.07, 6.45) is 8.12. The molecule has 0 saturated carbocycles. The fourth-order valence-corrected chi connectivity index (χ4v) is 1.28. The van der Waals surface area contributed by atoms with Gasteiger partial charge in [-0.3, -0.25) is 14.8 Å². The molecule has 16 heavy (non-hydrogen) atoms. The lowest BCUT2D eigenvalue weighted by Crippen LogP contribution is -1.94. The van der Waals surface area contributed by atoms with Gasteiger partial charge < -0.3 is 5.11 Å². The molecule has 0 bridgehead atoms. The highest BCUT2D eigenvalue weighted by molar-refractivity contribution is 5.78. The molecule has 0 amide bonds. The first-order valence-corrected chi connectivity index (χ1v) is 5.40. The van der Waals surface area contributed by atoms with Gasteiger partial charge in [-0.1, -0.05) is 12.5 Å².